The molecule has 1 aliphatic heterocycles. The van der Waals surface area contributed by atoms with Crippen LogP contribution in [-0.2, 0) is 4.79 Å². The highest BCUT2D eigenvalue weighted by Crippen LogP contribution is 2.31. The summed E-state index contributed by atoms with van der Waals surface area (Å²) < 4.78 is 11.1. The van der Waals surface area contributed by atoms with E-state index in [2.05, 4.69) is 10.1 Å². The van der Waals surface area contributed by atoms with E-state index in [1.807, 2.05) is 42.5 Å². The van der Waals surface area contributed by atoms with Crippen LogP contribution >= 0.6 is 0 Å². The first-order chi connectivity index (χ1) is 13.7. The van der Waals surface area contributed by atoms with Crippen LogP contribution in [0.1, 0.15) is 31.2 Å². The zero-order chi connectivity index (χ0) is 19.3. The van der Waals surface area contributed by atoms with E-state index in [4.69, 9.17) is 15.0 Å². The van der Waals surface area contributed by atoms with Crippen LogP contribution in [0, 0.1) is 0 Å². The molecule has 3 aromatic rings. The summed E-state index contributed by atoms with van der Waals surface area (Å²) in [5, 5.41) is 4.08. The SMILES string of the molecule is Nc1ccc(-c2noc([C@H]3CCCCN3C(=O)COc3ccccc3)n2)cc1. The van der Waals surface area contributed by atoms with E-state index < -0.39 is 0 Å². The summed E-state index contributed by atoms with van der Waals surface area (Å²) in [4.78, 5) is 19.1. The molecule has 2 N–H and O–H groups in total. The van der Waals surface area contributed by atoms with Crippen molar-refractivity contribution >= 4 is 11.6 Å². The Balaban J connectivity index is 1.47. The van der Waals surface area contributed by atoms with Crippen molar-refractivity contribution in [3.8, 4) is 17.1 Å². The van der Waals surface area contributed by atoms with E-state index in [0.717, 1.165) is 24.8 Å². The number of amides is 1. The number of carbonyl (C=O) groups excluding carboxylic acids is 1. The number of nitrogens with zero attached hydrogens (tertiary/aromatic N) is 3. The van der Waals surface area contributed by atoms with Crippen LogP contribution in [0.3, 0.4) is 0 Å². The second-order valence-electron chi connectivity index (χ2n) is 6.78. The minimum absolute atomic E-state index is 0.0144. The largest absolute Gasteiger partial charge is 0.484 e. The lowest BCUT2D eigenvalue weighted by molar-refractivity contribution is -0.138. The standard InChI is InChI=1S/C21H22N4O3/c22-16-11-9-15(10-12-16)20-23-21(28-24-20)18-8-4-5-13-25(18)19(26)14-27-17-6-2-1-3-7-17/h1-3,6-7,9-12,18H,4-5,8,13-14,22H2/t18-/m1/s1. The van der Waals surface area contributed by atoms with Gasteiger partial charge in [-0.05, 0) is 55.7 Å². The van der Waals surface area contributed by atoms with Crippen LogP contribution in [0.25, 0.3) is 11.4 Å². The Morgan fingerprint density at radius 2 is 1.93 bits per heavy atom. The molecule has 1 saturated heterocycles. The third-order valence-electron chi connectivity index (χ3n) is 4.82. The van der Waals surface area contributed by atoms with E-state index in [9.17, 15) is 4.79 Å². The highest BCUT2D eigenvalue weighted by atomic mass is 16.5. The Kier molecular flexibility index (Phi) is 5.23. The molecule has 1 amide bonds. The van der Waals surface area contributed by atoms with Crippen LogP contribution in [0.5, 0.6) is 5.75 Å². The number of benzene rings is 2. The predicted octanol–water partition coefficient (Wildman–Crippen LogP) is 3.45. The van der Waals surface area contributed by atoms with Crippen molar-refractivity contribution in [3.63, 3.8) is 0 Å². The maximum absolute atomic E-state index is 12.8. The van der Waals surface area contributed by atoms with Crippen molar-refractivity contribution in [2.24, 2.45) is 0 Å². The van der Waals surface area contributed by atoms with Gasteiger partial charge in [-0.25, -0.2) is 0 Å². The second kappa shape index (κ2) is 8.12. The van der Waals surface area contributed by atoms with Gasteiger partial charge in [0.15, 0.2) is 6.61 Å². The molecule has 144 valence electrons. The van der Waals surface area contributed by atoms with E-state index in [1.165, 1.54) is 0 Å². The van der Waals surface area contributed by atoms with Crippen molar-refractivity contribution in [1.29, 1.82) is 0 Å². The van der Waals surface area contributed by atoms with Gasteiger partial charge >= 0.3 is 0 Å². The lowest BCUT2D eigenvalue weighted by atomic mass is 10.0. The van der Waals surface area contributed by atoms with Crippen molar-refractivity contribution in [3.05, 3.63) is 60.5 Å². The number of rotatable bonds is 5. The molecule has 7 nitrogen and oxygen atoms in total. The van der Waals surface area contributed by atoms with Crippen molar-refractivity contribution < 1.29 is 14.1 Å². The maximum Gasteiger partial charge on any atom is 0.261 e. The summed E-state index contributed by atoms with van der Waals surface area (Å²) in [6.07, 6.45) is 2.75. The maximum atomic E-state index is 12.8. The number of para-hydroxylation sites is 1. The summed E-state index contributed by atoms with van der Waals surface area (Å²) >= 11 is 0. The second-order valence-corrected chi connectivity index (χ2v) is 6.78. The fourth-order valence-corrected chi connectivity index (χ4v) is 3.35. The number of hydrogen-bond acceptors (Lipinski definition) is 6. The fraction of sp³-hybridized carbons (Fsp3) is 0.286. The first-order valence-corrected chi connectivity index (χ1v) is 9.37. The number of ether oxygens (including phenoxy) is 1. The molecule has 4 rings (SSSR count). The van der Waals surface area contributed by atoms with Crippen molar-refractivity contribution in [2.75, 3.05) is 18.9 Å². The van der Waals surface area contributed by atoms with E-state index in [-0.39, 0.29) is 18.6 Å². The monoisotopic (exact) mass is 378 g/mol. The van der Waals surface area contributed by atoms with Gasteiger partial charge in [0.2, 0.25) is 11.7 Å². The summed E-state index contributed by atoms with van der Waals surface area (Å²) in [5.74, 6) is 1.54. The molecule has 0 aliphatic carbocycles. The number of nitrogen functional groups attached to an aromatic ring is 1. The third-order valence-corrected chi connectivity index (χ3v) is 4.82. The number of likely N-dealkylation sites (tertiary alicyclic amines) is 1. The first kappa shape index (κ1) is 18.0. The van der Waals surface area contributed by atoms with Gasteiger partial charge < -0.3 is 19.9 Å². The summed E-state index contributed by atoms with van der Waals surface area (Å²) in [5.41, 5.74) is 7.23. The zero-order valence-corrected chi connectivity index (χ0v) is 15.5. The minimum atomic E-state index is -0.226. The first-order valence-electron chi connectivity index (χ1n) is 9.37. The molecule has 1 aliphatic rings. The predicted molar refractivity (Wildman–Crippen MR) is 104 cm³/mol. The van der Waals surface area contributed by atoms with Gasteiger partial charge in [0.05, 0.1) is 0 Å². The minimum Gasteiger partial charge on any atom is -0.484 e. The molecular formula is C21H22N4O3. The quantitative estimate of drug-likeness (QED) is 0.683. The number of piperidine rings is 1. The number of aromatic nitrogens is 2. The van der Waals surface area contributed by atoms with Crippen LogP contribution in [-0.4, -0.2) is 34.1 Å². The van der Waals surface area contributed by atoms with E-state index in [0.29, 0.717) is 29.7 Å². The third kappa shape index (κ3) is 3.98. The normalized spacial score (nSPS) is 16.7. The molecule has 7 heteroatoms. The topological polar surface area (TPSA) is 94.5 Å². The van der Waals surface area contributed by atoms with Gasteiger partial charge in [-0.3, -0.25) is 4.79 Å². The van der Waals surface area contributed by atoms with Crippen LogP contribution in [0.2, 0.25) is 0 Å². The highest BCUT2D eigenvalue weighted by Gasteiger charge is 2.32. The van der Waals surface area contributed by atoms with Crippen LogP contribution < -0.4 is 10.5 Å². The lowest BCUT2D eigenvalue weighted by Crippen LogP contribution is -2.41. The van der Waals surface area contributed by atoms with Crippen LogP contribution in [0.15, 0.2) is 59.1 Å². The summed E-state index contributed by atoms with van der Waals surface area (Å²) in [6.45, 7) is 0.640. The molecule has 0 unspecified atom stereocenters. The Morgan fingerprint density at radius 3 is 2.71 bits per heavy atom. The Hall–Kier alpha value is -3.35. The Morgan fingerprint density at radius 1 is 1.14 bits per heavy atom. The average molecular weight is 378 g/mol. The summed E-state index contributed by atoms with van der Waals surface area (Å²) in [7, 11) is 0. The van der Waals surface area contributed by atoms with Gasteiger partial charge in [-0.2, -0.15) is 4.98 Å². The number of hydrogen-bond donors (Lipinski definition) is 1. The molecule has 28 heavy (non-hydrogen) atoms. The number of carbonyl (C=O) groups is 1. The molecule has 0 radical (unpaired) electrons. The number of nitrogens with two attached hydrogens (primary N) is 1. The van der Waals surface area contributed by atoms with Crippen LogP contribution in [0.4, 0.5) is 5.69 Å². The van der Waals surface area contributed by atoms with E-state index >= 15 is 0 Å². The molecule has 0 spiro atoms. The fourth-order valence-electron chi connectivity index (χ4n) is 3.35. The molecule has 2 aromatic carbocycles. The Bertz CT molecular complexity index is 924. The van der Waals surface area contributed by atoms with Crippen molar-refractivity contribution in [2.45, 2.75) is 25.3 Å². The molecule has 2 heterocycles. The molecule has 0 saturated carbocycles. The number of anilines is 1. The molecule has 1 atom stereocenters. The average Bonchev–Trinajstić information content (AvgIpc) is 3.23. The molecule has 0 bridgehead atoms. The zero-order valence-electron chi connectivity index (χ0n) is 15.5. The van der Waals surface area contributed by atoms with Crippen molar-refractivity contribution in [1.82, 2.24) is 15.0 Å². The molecule has 1 fully saturated rings. The highest BCUT2D eigenvalue weighted by molar-refractivity contribution is 5.78. The van der Waals surface area contributed by atoms with Gasteiger partial charge in [0.1, 0.15) is 11.8 Å². The lowest BCUT2D eigenvalue weighted by Gasteiger charge is -2.33. The Labute approximate surface area is 163 Å². The summed E-state index contributed by atoms with van der Waals surface area (Å²) in [6, 6.07) is 16.4. The smallest absolute Gasteiger partial charge is 0.261 e. The van der Waals surface area contributed by atoms with Gasteiger partial charge in [-0.1, -0.05) is 23.4 Å². The van der Waals surface area contributed by atoms with E-state index in [1.54, 1.807) is 17.0 Å². The molecular weight excluding hydrogens is 356 g/mol. The molecule has 1 aromatic heterocycles. The van der Waals surface area contributed by atoms with Gasteiger partial charge in [0, 0.05) is 17.8 Å². The van der Waals surface area contributed by atoms with Gasteiger partial charge in [0.25, 0.3) is 5.91 Å². The van der Waals surface area contributed by atoms with Gasteiger partial charge in [-0.15, -0.1) is 0 Å².